The Hall–Kier alpha value is -2.46. The summed E-state index contributed by atoms with van der Waals surface area (Å²) in [6, 6.07) is 16.3. The number of ether oxygens (including phenoxy) is 1. The molecule has 0 amide bonds. The van der Waals surface area contributed by atoms with Gasteiger partial charge in [-0.25, -0.2) is 0 Å². The van der Waals surface area contributed by atoms with Crippen molar-refractivity contribution in [2.75, 3.05) is 13.2 Å². The van der Waals surface area contributed by atoms with E-state index in [1.54, 1.807) is 42.6 Å². The highest BCUT2D eigenvalue weighted by Gasteiger charge is 2.02. The van der Waals surface area contributed by atoms with E-state index in [0.717, 1.165) is 5.69 Å². The lowest BCUT2D eigenvalue weighted by molar-refractivity contribution is 0.100. The molecule has 108 valence electrons. The van der Waals surface area contributed by atoms with Crippen LogP contribution >= 0.6 is 0 Å². The van der Waals surface area contributed by atoms with Crippen LogP contribution in [0.5, 0.6) is 5.75 Å². The lowest BCUT2D eigenvalue weighted by Gasteiger charge is -2.03. The van der Waals surface area contributed by atoms with Gasteiger partial charge in [-0.05, 0) is 24.3 Å². The summed E-state index contributed by atoms with van der Waals surface area (Å²) in [7, 11) is 0. The van der Waals surface area contributed by atoms with E-state index >= 15 is 0 Å². The average molecular weight is 283 g/mol. The number of benzene rings is 2. The van der Waals surface area contributed by atoms with Gasteiger partial charge in [-0.1, -0.05) is 30.3 Å². The molecule has 2 rings (SSSR count). The maximum atomic E-state index is 11.9. The minimum atomic E-state index is -0.0124. The number of hydrogen-bond acceptors (Lipinski definition) is 4. The summed E-state index contributed by atoms with van der Waals surface area (Å²) in [4.78, 5) is 16.1. The molecule has 0 aliphatic rings. The number of aliphatic imine (C=N–C) groups is 1. The molecule has 0 fully saturated rings. The standard InChI is InChI=1S/C17H17NO3/c19-12-13-21-16-8-6-15(7-9-16)18-11-10-17(20)14-4-2-1-3-5-14/h1-9,11,19H,10,12-13H2. The normalized spacial score (nSPS) is 10.7. The average Bonchev–Trinajstić information content (AvgIpc) is 2.55. The topological polar surface area (TPSA) is 58.9 Å². The zero-order chi connectivity index (χ0) is 14.9. The van der Waals surface area contributed by atoms with Crippen molar-refractivity contribution < 1.29 is 14.6 Å². The van der Waals surface area contributed by atoms with Gasteiger partial charge in [0.1, 0.15) is 12.4 Å². The molecule has 0 bridgehead atoms. The van der Waals surface area contributed by atoms with Crippen LogP contribution in [-0.2, 0) is 0 Å². The molecule has 0 saturated carbocycles. The van der Waals surface area contributed by atoms with Crippen LogP contribution in [0.15, 0.2) is 59.6 Å². The largest absolute Gasteiger partial charge is 0.491 e. The van der Waals surface area contributed by atoms with Gasteiger partial charge in [-0.3, -0.25) is 9.79 Å². The molecule has 4 nitrogen and oxygen atoms in total. The smallest absolute Gasteiger partial charge is 0.168 e. The predicted octanol–water partition coefficient (Wildman–Crippen LogP) is 3.03. The summed E-state index contributed by atoms with van der Waals surface area (Å²) < 4.78 is 5.25. The maximum Gasteiger partial charge on any atom is 0.168 e. The molecule has 0 aliphatic carbocycles. The van der Waals surface area contributed by atoms with Crippen molar-refractivity contribution in [1.82, 2.24) is 0 Å². The van der Waals surface area contributed by atoms with Crippen molar-refractivity contribution >= 4 is 17.7 Å². The van der Waals surface area contributed by atoms with Crippen molar-refractivity contribution in [3.05, 3.63) is 60.2 Å². The van der Waals surface area contributed by atoms with Crippen LogP contribution in [0.4, 0.5) is 5.69 Å². The minimum Gasteiger partial charge on any atom is -0.491 e. The summed E-state index contributed by atoms with van der Waals surface area (Å²) >= 11 is 0. The van der Waals surface area contributed by atoms with Gasteiger partial charge in [0.25, 0.3) is 0 Å². The third-order valence-electron chi connectivity index (χ3n) is 2.81. The summed E-state index contributed by atoms with van der Waals surface area (Å²) in [5, 5.41) is 8.66. The molecule has 4 heteroatoms. The van der Waals surface area contributed by atoms with Gasteiger partial charge < -0.3 is 9.84 Å². The van der Waals surface area contributed by atoms with Gasteiger partial charge in [0.15, 0.2) is 5.78 Å². The fourth-order valence-electron chi connectivity index (χ4n) is 1.77. The summed E-state index contributed by atoms with van der Waals surface area (Å²) in [6.07, 6.45) is 1.88. The van der Waals surface area contributed by atoms with E-state index in [0.29, 0.717) is 11.3 Å². The van der Waals surface area contributed by atoms with Gasteiger partial charge >= 0.3 is 0 Å². The van der Waals surface area contributed by atoms with E-state index in [1.807, 2.05) is 18.2 Å². The third-order valence-corrected chi connectivity index (χ3v) is 2.81. The molecule has 0 unspecified atom stereocenters. The van der Waals surface area contributed by atoms with Crippen LogP contribution < -0.4 is 4.74 Å². The van der Waals surface area contributed by atoms with Gasteiger partial charge in [0.2, 0.25) is 0 Å². The van der Waals surface area contributed by atoms with Crippen LogP contribution in [0, 0.1) is 0 Å². The highest BCUT2D eigenvalue weighted by molar-refractivity contribution is 6.03. The van der Waals surface area contributed by atoms with Gasteiger partial charge in [0, 0.05) is 18.2 Å². The van der Waals surface area contributed by atoms with E-state index in [9.17, 15) is 4.79 Å². The Morgan fingerprint density at radius 2 is 1.81 bits per heavy atom. The lowest BCUT2D eigenvalue weighted by atomic mass is 10.1. The molecule has 0 heterocycles. The van der Waals surface area contributed by atoms with Crippen LogP contribution in [0.25, 0.3) is 0 Å². The van der Waals surface area contributed by atoms with Crippen molar-refractivity contribution in [3.8, 4) is 5.75 Å². The molecule has 0 radical (unpaired) electrons. The van der Waals surface area contributed by atoms with Crippen molar-refractivity contribution in [2.24, 2.45) is 4.99 Å². The molecule has 2 aromatic rings. The SMILES string of the molecule is O=C(CC=Nc1ccc(OCCO)cc1)c1ccccc1. The Balaban J connectivity index is 1.88. The Bertz CT molecular complexity index is 591. The summed E-state index contributed by atoms with van der Waals surface area (Å²) in [5.74, 6) is 0.727. The quantitative estimate of drug-likeness (QED) is 0.627. The predicted molar refractivity (Wildman–Crippen MR) is 82.6 cm³/mol. The van der Waals surface area contributed by atoms with Crippen molar-refractivity contribution in [1.29, 1.82) is 0 Å². The fraction of sp³-hybridized carbons (Fsp3) is 0.176. The van der Waals surface area contributed by atoms with Crippen LogP contribution in [0.3, 0.4) is 0 Å². The first-order chi connectivity index (χ1) is 10.3. The molecular formula is C17H17NO3. The number of rotatable bonds is 7. The third kappa shape index (κ3) is 4.85. The van der Waals surface area contributed by atoms with Crippen molar-refractivity contribution in [2.45, 2.75) is 6.42 Å². The molecule has 21 heavy (non-hydrogen) atoms. The first-order valence-corrected chi connectivity index (χ1v) is 6.74. The molecular weight excluding hydrogens is 266 g/mol. The van der Waals surface area contributed by atoms with Gasteiger partial charge in [-0.2, -0.15) is 0 Å². The second kappa shape index (κ2) is 7.97. The summed E-state index contributed by atoms with van der Waals surface area (Å²) in [5.41, 5.74) is 1.45. The number of ketones is 1. The van der Waals surface area contributed by atoms with Gasteiger partial charge in [0.05, 0.1) is 12.3 Å². The Morgan fingerprint density at radius 3 is 2.48 bits per heavy atom. The van der Waals surface area contributed by atoms with Crippen LogP contribution in [0.2, 0.25) is 0 Å². The molecule has 0 saturated heterocycles. The molecule has 0 aromatic heterocycles. The first kappa shape index (κ1) is 14.9. The Morgan fingerprint density at radius 1 is 1.10 bits per heavy atom. The maximum absolute atomic E-state index is 11.9. The number of carbonyl (C=O) groups is 1. The molecule has 0 spiro atoms. The second-order valence-corrected chi connectivity index (χ2v) is 4.37. The first-order valence-electron chi connectivity index (χ1n) is 6.74. The highest BCUT2D eigenvalue weighted by atomic mass is 16.5. The Labute approximate surface area is 123 Å². The number of aliphatic hydroxyl groups is 1. The van der Waals surface area contributed by atoms with E-state index in [2.05, 4.69) is 4.99 Å². The number of carbonyl (C=O) groups excluding carboxylic acids is 1. The van der Waals surface area contributed by atoms with Crippen LogP contribution in [0.1, 0.15) is 16.8 Å². The van der Waals surface area contributed by atoms with E-state index in [-0.39, 0.29) is 25.4 Å². The zero-order valence-corrected chi connectivity index (χ0v) is 11.6. The van der Waals surface area contributed by atoms with E-state index in [1.165, 1.54) is 0 Å². The molecule has 0 atom stereocenters. The highest BCUT2D eigenvalue weighted by Crippen LogP contribution is 2.17. The van der Waals surface area contributed by atoms with Crippen LogP contribution in [-0.4, -0.2) is 30.3 Å². The number of nitrogens with zero attached hydrogens (tertiary/aromatic N) is 1. The number of hydrogen-bond donors (Lipinski definition) is 1. The molecule has 0 aliphatic heterocycles. The minimum absolute atomic E-state index is 0.0124. The fourth-order valence-corrected chi connectivity index (χ4v) is 1.77. The second-order valence-electron chi connectivity index (χ2n) is 4.37. The van der Waals surface area contributed by atoms with Crippen molar-refractivity contribution in [3.63, 3.8) is 0 Å². The summed E-state index contributed by atoms with van der Waals surface area (Å²) in [6.45, 7) is 0.260. The van der Waals surface area contributed by atoms with Gasteiger partial charge in [-0.15, -0.1) is 0 Å². The monoisotopic (exact) mass is 283 g/mol. The number of Topliss-reactive ketones (excluding diaryl/α,β-unsaturated/α-hetero) is 1. The molecule has 2 aromatic carbocycles. The molecule has 1 N–H and O–H groups in total. The lowest BCUT2D eigenvalue weighted by Crippen LogP contribution is -2.01. The van der Waals surface area contributed by atoms with E-state index in [4.69, 9.17) is 9.84 Å². The Kier molecular flexibility index (Phi) is 5.67. The van der Waals surface area contributed by atoms with E-state index < -0.39 is 0 Å². The zero-order valence-electron chi connectivity index (χ0n) is 11.6. The number of aliphatic hydroxyl groups excluding tert-OH is 1.